The van der Waals surface area contributed by atoms with Gasteiger partial charge in [0.1, 0.15) is 12.4 Å². The number of carbonyl (C=O) groups is 1. The molecular formula is C20H26FN3O3S. The quantitative estimate of drug-likeness (QED) is 0.731. The predicted octanol–water partition coefficient (Wildman–Crippen LogP) is 3.01. The lowest BCUT2D eigenvalue weighted by Crippen LogP contribution is -2.46. The highest BCUT2D eigenvalue weighted by Crippen LogP contribution is 2.21. The van der Waals surface area contributed by atoms with Gasteiger partial charge in [-0.1, -0.05) is 36.8 Å². The van der Waals surface area contributed by atoms with E-state index in [2.05, 4.69) is 5.32 Å². The largest absolute Gasteiger partial charge is 0.348 e. The van der Waals surface area contributed by atoms with Crippen LogP contribution in [0.5, 0.6) is 0 Å². The third-order valence-corrected chi connectivity index (χ3v) is 6.18. The Morgan fingerprint density at radius 2 is 1.64 bits per heavy atom. The van der Waals surface area contributed by atoms with Crippen molar-refractivity contribution in [3.8, 4) is 0 Å². The SMILES string of the molecule is CC[C@@H](NC(=O)CN(c1ccc(F)cc1)S(=O)(=O)N(C)C)c1ccc(C)cc1. The van der Waals surface area contributed by atoms with Gasteiger partial charge in [-0.3, -0.25) is 4.79 Å². The lowest BCUT2D eigenvalue weighted by molar-refractivity contribution is -0.120. The summed E-state index contributed by atoms with van der Waals surface area (Å²) in [4.78, 5) is 12.7. The van der Waals surface area contributed by atoms with Gasteiger partial charge in [-0.2, -0.15) is 12.7 Å². The molecule has 2 aromatic rings. The van der Waals surface area contributed by atoms with Crippen LogP contribution in [-0.4, -0.2) is 39.3 Å². The van der Waals surface area contributed by atoms with Crippen molar-refractivity contribution in [3.05, 3.63) is 65.5 Å². The molecule has 0 radical (unpaired) electrons. The molecule has 0 fully saturated rings. The Balaban J connectivity index is 2.24. The summed E-state index contributed by atoms with van der Waals surface area (Å²) in [6.45, 7) is 3.52. The van der Waals surface area contributed by atoms with Crippen LogP contribution < -0.4 is 9.62 Å². The molecular weight excluding hydrogens is 381 g/mol. The standard InChI is InChI=1S/C20H26FN3O3S/c1-5-19(16-8-6-15(2)7-9-16)22-20(25)14-24(28(26,27)23(3)4)18-12-10-17(21)11-13-18/h6-13,19H,5,14H2,1-4H3,(H,22,25)/t19-/m1/s1. The zero-order valence-electron chi connectivity index (χ0n) is 16.5. The molecule has 0 aliphatic rings. The minimum atomic E-state index is -3.93. The van der Waals surface area contributed by atoms with E-state index in [4.69, 9.17) is 0 Å². The smallest absolute Gasteiger partial charge is 0.304 e. The lowest BCUT2D eigenvalue weighted by atomic mass is 10.0. The molecule has 0 saturated carbocycles. The second-order valence-electron chi connectivity index (χ2n) is 6.71. The van der Waals surface area contributed by atoms with Gasteiger partial charge in [0.05, 0.1) is 11.7 Å². The number of halogens is 1. The maximum absolute atomic E-state index is 13.2. The molecule has 152 valence electrons. The first-order valence-electron chi connectivity index (χ1n) is 8.96. The van der Waals surface area contributed by atoms with Gasteiger partial charge in [-0.15, -0.1) is 0 Å². The summed E-state index contributed by atoms with van der Waals surface area (Å²) in [5.74, 6) is -0.928. The monoisotopic (exact) mass is 407 g/mol. The average Bonchev–Trinajstić information content (AvgIpc) is 2.65. The number of nitrogens with one attached hydrogen (secondary N) is 1. The van der Waals surface area contributed by atoms with Crippen molar-refractivity contribution in [1.29, 1.82) is 0 Å². The van der Waals surface area contributed by atoms with Crippen molar-refractivity contribution < 1.29 is 17.6 Å². The topological polar surface area (TPSA) is 69.7 Å². The molecule has 0 spiro atoms. The minimum absolute atomic E-state index is 0.216. The van der Waals surface area contributed by atoms with Crippen molar-refractivity contribution in [1.82, 2.24) is 9.62 Å². The molecule has 6 nitrogen and oxygen atoms in total. The highest BCUT2D eigenvalue weighted by Gasteiger charge is 2.28. The van der Waals surface area contributed by atoms with Gasteiger partial charge in [0.25, 0.3) is 0 Å². The highest BCUT2D eigenvalue weighted by atomic mass is 32.2. The maximum atomic E-state index is 13.2. The van der Waals surface area contributed by atoms with Crippen LogP contribution in [-0.2, 0) is 15.0 Å². The Kier molecular flexibility index (Phi) is 7.15. The number of nitrogens with zero attached hydrogens (tertiary/aromatic N) is 2. The zero-order chi connectivity index (χ0) is 20.9. The van der Waals surface area contributed by atoms with Crippen molar-refractivity contribution in [2.75, 3.05) is 24.9 Å². The fourth-order valence-electron chi connectivity index (χ4n) is 2.70. The number of benzene rings is 2. The second-order valence-corrected chi connectivity index (χ2v) is 8.78. The van der Waals surface area contributed by atoms with Gasteiger partial charge < -0.3 is 5.32 Å². The van der Waals surface area contributed by atoms with Crippen LogP contribution in [0, 0.1) is 12.7 Å². The molecule has 1 amide bonds. The first kappa shape index (κ1) is 21.8. The summed E-state index contributed by atoms with van der Waals surface area (Å²) in [6.07, 6.45) is 0.659. The molecule has 2 aromatic carbocycles. The van der Waals surface area contributed by atoms with Crippen LogP contribution in [0.25, 0.3) is 0 Å². The summed E-state index contributed by atoms with van der Waals surface area (Å²) >= 11 is 0. The van der Waals surface area contributed by atoms with E-state index in [-0.39, 0.29) is 11.7 Å². The number of anilines is 1. The predicted molar refractivity (Wildman–Crippen MR) is 109 cm³/mol. The molecule has 1 N–H and O–H groups in total. The van der Waals surface area contributed by atoms with Crippen molar-refractivity contribution >= 4 is 21.8 Å². The summed E-state index contributed by atoms with van der Waals surface area (Å²) in [5, 5.41) is 2.89. The van der Waals surface area contributed by atoms with Gasteiger partial charge in [-0.25, -0.2) is 8.70 Å². The third-order valence-electron chi connectivity index (χ3n) is 4.36. The molecule has 8 heteroatoms. The zero-order valence-corrected chi connectivity index (χ0v) is 17.3. The normalized spacial score (nSPS) is 12.6. The molecule has 28 heavy (non-hydrogen) atoms. The molecule has 0 heterocycles. The Labute approximate surface area is 166 Å². The Hall–Kier alpha value is -2.45. The van der Waals surface area contributed by atoms with E-state index in [1.165, 1.54) is 26.2 Å². The lowest BCUT2D eigenvalue weighted by Gasteiger charge is -2.28. The van der Waals surface area contributed by atoms with Crippen molar-refractivity contribution in [3.63, 3.8) is 0 Å². The van der Waals surface area contributed by atoms with E-state index in [1.807, 2.05) is 38.1 Å². The van der Waals surface area contributed by atoms with Gasteiger partial charge in [-0.05, 0) is 43.2 Å². The highest BCUT2D eigenvalue weighted by molar-refractivity contribution is 7.90. The van der Waals surface area contributed by atoms with Gasteiger partial charge >= 0.3 is 10.2 Å². The van der Waals surface area contributed by atoms with E-state index in [1.54, 1.807) is 0 Å². The first-order valence-corrected chi connectivity index (χ1v) is 10.4. The average molecular weight is 408 g/mol. The minimum Gasteiger partial charge on any atom is -0.348 e. The number of hydrogen-bond donors (Lipinski definition) is 1. The van der Waals surface area contributed by atoms with Gasteiger partial charge in [0.2, 0.25) is 5.91 Å². The summed E-state index contributed by atoms with van der Waals surface area (Å²) < 4.78 is 40.6. The number of hydrogen-bond acceptors (Lipinski definition) is 3. The summed E-state index contributed by atoms with van der Waals surface area (Å²) in [5.41, 5.74) is 2.28. The Bertz CT molecular complexity index is 897. The molecule has 1 atom stereocenters. The van der Waals surface area contributed by atoms with E-state index >= 15 is 0 Å². The Morgan fingerprint density at radius 1 is 1.07 bits per heavy atom. The van der Waals surface area contributed by atoms with E-state index in [0.717, 1.165) is 31.9 Å². The van der Waals surface area contributed by atoms with Gasteiger partial charge in [0.15, 0.2) is 0 Å². The van der Waals surface area contributed by atoms with E-state index < -0.39 is 28.5 Å². The molecule has 0 aliphatic carbocycles. The fraction of sp³-hybridized carbons (Fsp3) is 0.350. The van der Waals surface area contributed by atoms with Crippen LogP contribution in [0.15, 0.2) is 48.5 Å². The summed E-state index contributed by atoms with van der Waals surface area (Å²) in [6, 6.07) is 12.6. The second kappa shape index (κ2) is 9.16. The number of carbonyl (C=O) groups excluding carboxylic acids is 1. The summed E-state index contributed by atoms with van der Waals surface area (Å²) in [7, 11) is -1.17. The number of rotatable bonds is 8. The van der Waals surface area contributed by atoms with Gasteiger partial charge in [0, 0.05) is 14.1 Å². The molecule has 0 saturated heterocycles. The van der Waals surface area contributed by atoms with Crippen LogP contribution in [0.2, 0.25) is 0 Å². The van der Waals surface area contributed by atoms with E-state index in [9.17, 15) is 17.6 Å². The first-order chi connectivity index (χ1) is 13.1. The van der Waals surface area contributed by atoms with Crippen LogP contribution in [0.4, 0.5) is 10.1 Å². The number of amides is 1. The van der Waals surface area contributed by atoms with Crippen molar-refractivity contribution in [2.45, 2.75) is 26.3 Å². The van der Waals surface area contributed by atoms with E-state index in [0.29, 0.717) is 6.42 Å². The Morgan fingerprint density at radius 3 is 2.14 bits per heavy atom. The fourth-order valence-corrected chi connectivity index (χ4v) is 3.76. The third kappa shape index (κ3) is 5.30. The van der Waals surface area contributed by atoms with Crippen molar-refractivity contribution in [2.24, 2.45) is 0 Å². The molecule has 0 aromatic heterocycles. The van der Waals surface area contributed by atoms with Crippen LogP contribution in [0.1, 0.15) is 30.5 Å². The van der Waals surface area contributed by atoms with Crippen LogP contribution in [0.3, 0.4) is 0 Å². The van der Waals surface area contributed by atoms with Crippen LogP contribution >= 0.6 is 0 Å². The maximum Gasteiger partial charge on any atom is 0.304 e. The molecule has 0 aliphatic heterocycles. The number of aryl methyl sites for hydroxylation is 1. The molecule has 0 bridgehead atoms. The molecule has 2 rings (SSSR count). The molecule has 0 unspecified atom stereocenters.